The van der Waals surface area contributed by atoms with Gasteiger partial charge in [0.2, 0.25) is 0 Å². The van der Waals surface area contributed by atoms with Gasteiger partial charge in [-0.25, -0.2) is 4.39 Å². The first-order chi connectivity index (χ1) is 8.79. The lowest BCUT2D eigenvalue weighted by atomic mass is 9.95. The molecule has 1 unspecified atom stereocenters. The molecule has 1 atom stereocenters. The van der Waals surface area contributed by atoms with Gasteiger partial charge in [0.15, 0.2) is 0 Å². The monoisotopic (exact) mass is 264 g/mol. The van der Waals surface area contributed by atoms with Crippen LogP contribution in [-0.4, -0.2) is 23.8 Å². The van der Waals surface area contributed by atoms with E-state index in [1.165, 1.54) is 16.7 Å². The number of H-pyrrole nitrogens is 1. The van der Waals surface area contributed by atoms with E-state index in [1.54, 1.807) is 6.07 Å². The van der Waals surface area contributed by atoms with Gasteiger partial charge in [-0.1, -0.05) is 6.92 Å². The minimum Gasteiger partial charge on any atom is -0.349 e. The molecule has 1 aliphatic rings. The molecule has 0 radical (unpaired) electrons. The van der Waals surface area contributed by atoms with Crippen LogP contribution in [0.2, 0.25) is 0 Å². The summed E-state index contributed by atoms with van der Waals surface area (Å²) in [5, 5.41) is 5.69. The lowest BCUT2D eigenvalue weighted by molar-refractivity contribution is 0.576. The van der Waals surface area contributed by atoms with Crippen LogP contribution >= 0.6 is 11.8 Å². The molecule has 2 nitrogen and oxygen atoms in total. The molecule has 2 heterocycles. The summed E-state index contributed by atoms with van der Waals surface area (Å²) in [6.45, 7) is 4.08. The molecule has 1 aromatic heterocycles. The molecule has 0 saturated heterocycles. The summed E-state index contributed by atoms with van der Waals surface area (Å²) in [5.41, 5.74) is 2.36. The number of thioether (sulfide) groups is 1. The van der Waals surface area contributed by atoms with Gasteiger partial charge < -0.3 is 10.3 Å². The first kappa shape index (κ1) is 12.1. The average molecular weight is 264 g/mol. The highest BCUT2D eigenvalue weighted by molar-refractivity contribution is 7.99. The predicted molar refractivity (Wildman–Crippen MR) is 74.9 cm³/mol. The van der Waals surface area contributed by atoms with Crippen molar-refractivity contribution >= 4 is 22.7 Å². The largest absolute Gasteiger partial charge is 0.349 e. The van der Waals surface area contributed by atoms with Gasteiger partial charge in [-0.05, 0) is 36.7 Å². The van der Waals surface area contributed by atoms with Crippen molar-refractivity contribution in [3.05, 3.63) is 29.6 Å². The SMILES string of the molecule is CCNCC1CCSc2[nH]c3ccc(F)cc3c21. The van der Waals surface area contributed by atoms with Crippen molar-refractivity contribution in [2.75, 3.05) is 18.8 Å². The van der Waals surface area contributed by atoms with E-state index in [4.69, 9.17) is 0 Å². The van der Waals surface area contributed by atoms with E-state index in [2.05, 4.69) is 17.2 Å². The van der Waals surface area contributed by atoms with Crippen molar-refractivity contribution in [2.24, 2.45) is 0 Å². The number of nitrogens with one attached hydrogen (secondary N) is 2. The average Bonchev–Trinajstić information content (AvgIpc) is 2.74. The molecule has 0 aliphatic carbocycles. The molecule has 3 rings (SSSR count). The minimum absolute atomic E-state index is 0.151. The van der Waals surface area contributed by atoms with Crippen LogP contribution < -0.4 is 5.32 Å². The summed E-state index contributed by atoms with van der Waals surface area (Å²) >= 11 is 1.85. The van der Waals surface area contributed by atoms with E-state index < -0.39 is 0 Å². The maximum atomic E-state index is 13.4. The third kappa shape index (κ3) is 2.04. The zero-order valence-electron chi connectivity index (χ0n) is 10.4. The molecule has 96 valence electrons. The third-order valence-electron chi connectivity index (χ3n) is 3.53. The Kier molecular flexibility index (Phi) is 3.31. The zero-order chi connectivity index (χ0) is 12.5. The number of benzene rings is 1. The number of halogens is 1. The smallest absolute Gasteiger partial charge is 0.123 e. The summed E-state index contributed by atoms with van der Waals surface area (Å²) in [6.07, 6.45) is 1.16. The number of rotatable bonds is 3. The van der Waals surface area contributed by atoms with Gasteiger partial charge in [0, 0.05) is 29.1 Å². The molecule has 0 bridgehead atoms. The quantitative estimate of drug-likeness (QED) is 0.888. The van der Waals surface area contributed by atoms with Gasteiger partial charge in [-0.3, -0.25) is 0 Å². The Balaban J connectivity index is 2.07. The molecule has 1 aliphatic heterocycles. The molecular formula is C14H17FN2S. The zero-order valence-corrected chi connectivity index (χ0v) is 11.2. The van der Waals surface area contributed by atoms with Crippen molar-refractivity contribution < 1.29 is 4.39 Å². The second-order valence-corrected chi connectivity index (χ2v) is 5.80. The lowest BCUT2D eigenvalue weighted by Gasteiger charge is -2.22. The number of aromatic amines is 1. The Labute approximate surface area is 110 Å². The van der Waals surface area contributed by atoms with Crippen LogP contribution in [0.5, 0.6) is 0 Å². The Hall–Kier alpha value is -1.00. The topological polar surface area (TPSA) is 27.8 Å². The number of likely N-dealkylation sites (N-methyl/N-ethyl adjacent to an activating group) is 1. The van der Waals surface area contributed by atoms with E-state index in [0.29, 0.717) is 5.92 Å². The van der Waals surface area contributed by atoms with Gasteiger partial charge >= 0.3 is 0 Å². The Morgan fingerprint density at radius 3 is 3.22 bits per heavy atom. The summed E-state index contributed by atoms with van der Waals surface area (Å²) in [4.78, 5) is 3.42. The van der Waals surface area contributed by atoms with Crippen LogP contribution in [0, 0.1) is 5.82 Å². The highest BCUT2D eigenvalue weighted by atomic mass is 32.2. The highest BCUT2D eigenvalue weighted by Gasteiger charge is 2.24. The van der Waals surface area contributed by atoms with Crippen molar-refractivity contribution in [2.45, 2.75) is 24.3 Å². The fourth-order valence-corrected chi connectivity index (χ4v) is 3.87. The fourth-order valence-electron chi connectivity index (χ4n) is 2.65. The van der Waals surface area contributed by atoms with E-state index in [1.807, 2.05) is 17.8 Å². The molecule has 2 N–H and O–H groups in total. The molecular weight excluding hydrogens is 247 g/mol. The highest BCUT2D eigenvalue weighted by Crippen LogP contribution is 2.41. The van der Waals surface area contributed by atoms with Crippen LogP contribution in [0.3, 0.4) is 0 Å². The molecule has 4 heteroatoms. The molecule has 0 saturated carbocycles. The first-order valence-corrected chi connectivity index (χ1v) is 7.42. The molecule has 2 aromatic rings. The molecule has 18 heavy (non-hydrogen) atoms. The van der Waals surface area contributed by atoms with E-state index in [-0.39, 0.29) is 5.82 Å². The van der Waals surface area contributed by atoms with Gasteiger partial charge in [-0.15, -0.1) is 11.8 Å². The van der Waals surface area contributed by atoms with Crippen LogP contribution in [0.15, 0.2) is 23.2 Å². The van der Waals surface area contributed by atoms with Gasteiger partial charge in [0.05, 0.1) is 5.03 Å². The van der Waals surface area contributed by atoms with E-state index >= 15 is 0 Å². The Morgan fingerprint density at radius 1 is 1.50 bits per heavy atom. The van der Waals surface area contributed by atoms with Crippen molar-refractivity contribution in [3.8, 4) is 0 Å². The normalized spacial score (nSPS) is 19.1. The van der Waals surface area contributed by atoms with Crippen LogP contribution in [-0.2, 0) is 0 Å². The second-order valence-electron chi connectivity index (χ2n) is 4.70. The van der Waals surface area contributed by atoms with Crippen molar-refractivity contribution in [1.82, 2.24) is 10.3 Å². The number of hydrogen-bond acceptors (Lipinski definition) is 2. The van der Waals surface area contributed by atoms with Crippen LogP contribution in [0.4, 0.5) is 4.39 Å². The number of hydrogen-bond donors (Lipinski definition) is 2. The van der Waals surface area contributed by atoms with Crippen LogP contribution in [0.1, 0.15) is 24.8 Å². The first-order valence-electron chi connectivity index (χ1n) is 6.44. The number of fused-ring (bicyclic) bond motifs is 3. The Bertz CT molecular complexity index is 564. The Morgan fingerprint density at radius 2 is 2.39 bits per heavy atom. The maximum Gasteiger partial charge on any atom is 0.123 e. The summed E-state index contributed by atoms with van der Waals surface area (Å²) in [7, 11) is 0. The molecule has 0 fully saturated rings. The molecule has 1 aromatic carbocycles. The van der Waals surface area contributed by atoms with Gasteiger partial charge in [0.25, 0.3) is 0 Å². The van der Waals surface area contributed by atoms with Crippen molar-refractivity contribution in [3.63, 3.8) is 0 Å². The van der Waals surface area contributed by atoms with Crippen LogP contribution in [0.25, 0.3) is 10.9 Å². The lowest BCUT2D eigenvalue weighted by Crippen LogP contribution is -2.23. The third-order valence-corrected chi connectivity index (χ3v) is 4.58. The summed E-state index contributed by atoms with van der Waals surface area (Å²) in [5.74, 6) is 1.48. The number of aromatic nitrogens is 1. The fraction of sp³-hybridized carbons (Fsp3) is 0.429. The molecule has 0 spiro atoms. The standard InChI is InChI=1S/C14H17FN2S/c1-2-16-8-9-5-6-18-14-13(9)11-7-10(15)3-4-12(11)17-14/h3-4,7,9,16-17H,2,5-6,8H2,1H3. The maximum absolute atomic E-state index is 13.4. The molecule has 0 amide bonds. The minimum atomic E-state index is -0.151. The van der Waals surface area contributed by atoms with E-state index in [9.17, 15) is 4.39 Å². The predicted octanol–water partition coefficient (Wildman–Crippen LogP) is 3.50. The van der Waals surface area contributed by atoms with Gasteiger partial charge in [-0.2, -0.15) is 0 Å². The van der Waals surface area contributed by atoms with E-state index in [0.717, 1.165) is 36.2 Å². The summed E-state index contributed by atoms with van der Waals surface area (Å²) < 4.78 is 13.4. The van der Waals surface area contributed by atoms with Gasteiger partial charge in [0.1, 0.15) is 5.82 Å². The second kappa shape index (κ2) is 4.94. The van der Waals surface area contributed by atoms with Crippen molar-refractivity contribution in [1.29, 1.82) is 0 Å². The summed E-state index contributed by atoms with van der Waals surface area (Å²) in [6, 6.07) is 5.03.